The third kappa shape index (κ3) is 4.29. The van der Waals surface area contributed by atoms with Crippen LogP contribution in [0.25, 0.3) is 0 Å². The predicted octanol–water partition coefficient (Wildman–Crippen LogP) is 1.48. The number of rotatable bonds is 4. The third-order valence-electron chi connectivity index (χ3n) is 3.18. The molecule has 10 heteroatoms. The number of fused-ring (bicyclic) bond motifs is 1. The average molecular weight is 358 g/mol. The zero-order chi connectivity index (χ0) is 17.8. The highest BCUT2D eigenvalue weighted by atomic mass is 32.2. The molecule has 25 heavy (non-hydrogen) atoms. The van der Waals surface area contributed by atoms with Gasteiger partial charge in [0.15, 0.2) is 11.3 Å². The second-order valence-electron chi connectivity index (χ2n) is 5.18. The average Bonchev–Trinajstić information content (AvgIpc) is 3.02. The third-order valence-corrected chi connectivity index (χ3v) is 4.07. The minimum absolute atomic E-state index is 0.0619. The highest BCUT2D eigenvalue weighted by Gasteiger charge is 2.29. The Bertz CT molecular complexity index is 832. The van der Waals surface area contributed by atoms with E-state index in [2.05, 4.69) is 31.2 Å². The van der Waals surface area contributed by atoms with Gasteiger partial charge in [-0.3, -0.25) is 14.4 Å². The van der Waals surface area contributed by atoms with Gasteiger partial charge >= 0.3 is 0 Å². The zero-order valence-corrected chi connectivity index (χ0v) is 14.0. The Labute approximate surface area is 147 Å². The number of carbonyl (C=O) groups excluding carboxylic acids is 3. The Morgan fingerprint density at radius 3 is 2.80 bits per heavy atom. The molecule has 1 aromatic rings. The number of carbonyl (C=O) groups is 3. The molecular formula is C15H14N6O3S. The molecule has 3 N–H and O–H groups in total. The molecular weight excluding hydrogens is 344 g/mol. The molecule has 0 radical (unpaired) electrons. The van der Waals surface area contributed by atoms with Crippen LogP contribution < -0.4 is 16.0 Å². The molecule has 2 heterocycles. The molecule has 2 aliphatic rings. The van der Waals surface area contributed by atoms with Crippen molar-refractivity contribution in [3.63, 3.8) is 0 Å². The number of aliphatic imine (C=N–C) groups is 1. The second-order valence-corrected chi connectivity index (χ2v) is 6.14. The van der Waals surface area contributed by atoms with Crippen LogP contribution in [0.15, 0.2) is 51.3 Å². The molecule has 128 valence electrons. The number of hydrogen-bond acceptors (Lipinski definition) is 7. The van der Waals surface area contributed by atoms with E-state index < -0.39 is 6.17 Å². The minimum atomic E-state index is -0.617. The van der Waals surface area contributed by atoms with Crippen LogP contribution >= 0.6 is 11.8 Å². The summed E-state index contributed by atoms with van der Waals surface area (Å²) in [6.45, 7) is 1.41. The van der Waals surface area contributed by atoms with Crippen molar-refractivity contribution in [2.24, 2.45) is 15.2 Å². The molecule has 0 fully saturated rings. The van der Waals surface area contributed by atoms with E-state index >= 15 is 0 Å². The summed E-state index contributed by atoms with van der Waals surface area (Å²) in [4.78, 5) is 39.1. The molecule has 0 aromatic heterocycles. The Hall–Kier alpha value is -3.01. The maximum atomic E-state index is 12.1. The fourth-order valence-corrected chi connectivity index (χ4v) is 2.83. The van der Waals surface area contributed by atoms with Crippen molar-refractivity contribution in [2.75, 3.05) is 16.4 Å². The number of nitrogens with one attached hydrogen (secondary N) is 3. The SMILES string of the molecule is CC(=O)Nc1cccc(NC(=O)CSC2=NC3N=NC=C3C(=O)N2)c1. The first kappa shape index (κ1) is 16.8. The van der Waals surface area contributed by atoms with Crippen molar-refractivity contribution in [3.8, 4) is 0 Å². The van der Waals surface area contributed by atoms with E-state index in [-0.39, 0.29) is 23.5 Å². The molecule has 1 aromatic carbocycles. The van der Waals surface area contributed by atoms with Gasteiger partial charge in [0.2, 0.25) is 11.8 Å². The maximum Gasteiger partial charge on any atom is 0.258 e. The van der Waals surface area contributed by atoms with Crippen molar-refractivity contribution in [2.45, 2.75) is 13.1 Å². The molecule has 3 rings (SSSR count). The van der Waals surface area contributed by atoms with E-state index in [1.165, 1.54) is 13.1 Å². The van der Waals surface area contributed by atoms with Crippen molar-refractivity contribution in [3.05, 3.63) is 36.0 Å². The topological polar surface area (TPSA) is 124 Å². The summed E-state index contributed by atoms with van der Waals surface area (Å²) in [6, 6.07) is 6.81. The minimum Gasteiger partial charge on any atom is -0.326 e. The number of anilines is 2. The number of hydrogen-bond donors (Lipinski definition) is 3. The van der Waals surface area contributed by atoms with Gasteiger partial charge in [-0.25, -0.2) is 4.99 Å². The van der Waals surface area contributed by atoms with Crippen LogP contribution in [0.4, 0.5) is 11.4 Å². The lowest BCUT2D eigenvalue weighted by Crippen LogP contribution is -2.38. The van der Waals surface area contributed by atoms with E-state index in [1.54, 1.807) is 24.3 Å². The number of thioether (sulfide) groups is 1. The fraction of sp³-hybridized carbons (Fsp3) is 0.200. The van der Waals surface area contributed by atoms with Crippen molar-refractivity contribution < 1.29 is 14.4 Å². The largest absolute Gasteiger partial charge is 0.326 e. The lowest BCUT2D eigenvalue weighted by Gasteiger charge is -2.16. The Morgan fingerprint density at radius 2 is 2.04 bits per heavy atom. The van der Waals surface area contributed by atoms with E-state index in [9.17, 15) is 14.4 Å². The number of nitrogens with zero attached hydrogens (tertiary/aromatic N) is 3. The van der Waals surface area contributed by atoms with Gasteiger partial charge in [-0.2, -0.15) is 10.2 Å². The molecule has 0 saturated heterocycles. The molecule has 3 amide bonds. The Kier molecular flexibility index (Phi) is 4.89. The van der Waals surface area contributed by atoms with Gasteiger partial charge in [-0.05, 0) is 18.2 Å². The summed E-state index contributed by atoms with van der Waals surface area (Å²) in [5, 5.41) is 15.8. The number of amidine groups is 1. The van der Waals surface area contributed by atoms with E-state index in [4.69, 9.17) is 0 Å². The smallest absolute Gasteiger partial charge is 0.258 e. The maximum absolute atomic E-state index is 12.1. The Balaban J connectivity index is 1.55. The first-order chi connectivity index (χ1) is 12.0. The Morgan fingerprint density at radius 1 is 1.28 bits per heavy atom. The van der Waals surface area contributed by atoms with Crippen molar-refractivity contribution in [1.29, 1.82) is 0 Å². The monoisotopic (exact) mass is 358 g/mol. The van der Waals surface area contributed by atoms with E-state index in [0.717, 1.165) is 11.8 Å². The molecule has 0 aliphatic carbocycles. The van der Waals surface area contributed by atoms with Gasteiger partial charge in [0.05, 0.1) is 17.5 Å². The van der Waals surface area contributed by atoms with Crippen molar-refractivity contribution in [1.82, 2.24) is 5.32 Å². The normalized spacial score (nSPS) is 18.0. The van der Waals surface area contributed by atoms with Crippen LogP contribution in [0.1, 0.15) is 6.92 Å². The number of amides is 3. The summed E-state index contributed by atoms with van der Waals surface area (Å²) in [7, 11) is 0. The van der Waals surface area contributed by atoms with Crippen LogP contribution in [0.2, 0.25) is 0 Å². The second kappa shape index (κ2) is 7.26. The van der Waals surface area contributed by atoms with Gasteiger partial charge in [-0.1, -0.05) is 17.8 Å². The van der Waals surface area contributed by atoms with Gasteiger partial charge < -0.3 is 16.0 Å². The van der Waals surface area contributed by atoms with E-state index in [1.807, 2.05) is 0 Å². The molecule has 9 nitrogen and oxygen atoms in total. The standard InChI is InChI=1S/C15H14N6O3S/c1-8(22)17-9-3-2-4-10(5-9)18-12(23)7-25-15-19-13-11(6-16-21-13)14(24)20-15/h2-6,13H,7H2,1H3,(H,17,22)(H,18,23)(H,19,20,24). The summed E-state index contributed by atoms with van der Waals surface area (Å²) in [5.41, 5.74) is 1.54. The van der Waals surface area contributed by atoms with Gasteiger partial charge in [0, 0.05) is 18.3 Å². The van der Waals surface area contributed by atoms with Crippen LogP contribution in [-0.2, 0) is 14.4 Å². The summed E-state index contributed by atoms with van der Waals surface area (Å²) in [5.74, 6) is -0.707. The molecule has 1 unspecified atom stereocenters. The van der Waals surface area contributed by atoms with Crippen LogP contribution in [0, 0.1) is 0 Å². The summed E-state index contributed by atoms with van der Waals surface area (Å²) < 4.78 is 0. The molecule has 1 atom stereocenters. The highest BCUT2D eigenvalue weighted by molar-refractivity contribution is 8.14. The lowest BCUT2D eigenvalue weighted by molar-refractivity contribution is -0.117. The lowest BCUT2D eigenvalue weighted by atomic mass is 10.2. The number of azo groups is 1. The molecule has 0 spiro atoms. The molecule has 0 saturated carbocycles. The molecule has 2 aliphatic heterocycles. The predicted molar refractivity (Wildman–Crippen MR) is 94.1 cm³/mol. The number of benzene rings is 1. The summed E-state index contributed by atoms with van der Waals surface area (Å²) >= 11 is 1.10. The van der Waals surface area contributed by atoms with Crippen LogP contribution in [0.5, 0.6) is 0 Å². The van der Waals surface area contributed by atoms with Gasteiger partial charge in [-0.15, -0.1) is 0 Å². The van der Waals surface area contributed by atoms with Crippen LogP contribution in [0.3, 0.4) is 0 Å². The van der Waals surface area contributed by atoms with E-state index in [0.29, 0.717) is 22.1 Å². The zero-order valence-electron chi connectivity index (χ0n) is 13.1. The van der Waals surface area contributed by atoms with Gasteiger partial charge in [0.25, 0.3) is 5.91 Å². The first-order valence-electron chi connectivity index (χ1n) is 7.31. The highest BCUT2D eigenvalue weighted by Crippen LogP contribution is 2.22. The molecule has 0 bridgehead atoms. The summed E-state index contributed by atoms with van der Waals surface area (Å²) in [6.07, 6.45) is 0.758. The first-order valence-corrected chi connectivity index (χ1v) is 8.29. The van der Waals surface area contributed by atoms with Crippen molar-refractivity contribution >= 4 is 46.0 Å². The fourth-order valence-electron chi connectivity index (χ4n) is 2.15. The van der Waals surface area contributed by atoms with Crippen LogP contribution in [-0.4, -0.2) is 34.8 Å². The quantitative estimate of drug-likeness (QED) is 0.754. The van der Waals surface area contributed by atoms with Gasteiger partial charge in [0.1, 0.15) is 0 Å².